The molecule has 0 bridgehead atoms. The van der Waals surface area contributed by atoms with Gasteiger partial charge in [0, 0.05) is 4.70 Å². The predicted octanol–water partition coefficient (Wildman–Crippen LogP) is 2.65. The van der Waals surface area contributed by atoms with E-state index in [0.29, 0.717) is 4.70 Å². The van der Waals surface area contributed by atoms with Crippen LogP contribution in [0.4, 0.5) is 10.1 Å². The van der Waals surface area contributed by atoms with Crippen molar-refractivity contribution in [3.8, 4) is 5.06 Å². The second-order valence-electron chi connectivity index (χ2n) is 2.63. The molecule has 0 fully saturated rings. The molecule has 0 amide bonds. The third-order valence-electron chi connectivity index (χ3n) is 1.80. The van der Waals surface area contributed by atoms with Crippen LogP contribution in [0.5, 0.6) is 5.06 Å². The Bertz CT molecular complexity index is 523. The van der Waals surface area contributed by atoms with Gasteiger partial charge in [0.15, 0.2) is 0 Å². The van der Waals surface area contributed by atoms with Crippen molar-refractivity contribution in [2.75, 3.05) is 0 Å². The first-order valence-corrected chi connectivity index (χ1v) is 4.47. The summed E-state index contributed by atoms with van der Waals surface area (Å²) in [4.78, 5) is 9.75. The summed E-state index contributed by atoms with van der Waals surface area (Å²) in [5.41, 5.74) is -0.553. The Balaban J connectivity index is 2.93. The van der Waals surface area contributed by atoms with Crippen LogP contribution in [-0.4, -0.2) is 10.0 Å². The topological polar surface area (TPSA) is 63.4 Å². The number of nitrogens with zero attached hydrogens (tertiary/aromatic N) is 1. The van der Waals surface area contributed by atoms with Crippen molar-refractivity contribution in [1.82, 2.24) is 0 Å². The highest BCUT2D eigenvalue weighted by Gasteiger charge is 2.24. The van der Waals surface area contributed by atoms with E-state index in [1.807, 2.05) is 0 Å². The Morgan fingerprint density at radius 3 is 2.86 bits per heavy atom. The van der Waals surface area contributed by atoms with Crippen LogP contribution in [0.25, 0.3) is 10.1 Å². The van der Waals surface area contributed by atoms with Crippen LogP contribution in [0, 0.1) is 15.9 Å². The lowest BCUT2D eigenvalue weighted by Gasteiger charge is -1.91. The van der Waals surface area contributed by atoms with Crippen molar-refractivity contribution < 1.29 is 14.4 Å². The monoisotopic (exact) mass is 213 g/mol. The Kier molecular flexibility index (Phi) is 1.85. The number of rotatable bonds is 1. The van der Waals surface area contributed by atoms with Gasteiger partial charge < -0.3 is 5.11 Å². The van der Waals surface area contributed by atoms with Crippen molar-refractivity contribution >= 4 is 27.1 Å². The van der Waals surface area contributed by atoms with Crippen molar-refractivity contribution in [1.29, 1.82) is 0 Å². The molecule has 1 aromatic heterocycles. The molecular weight excluding hydrogens is 209 g/mol. The van der Waals surface area contributed by atoms with Gasteiger partial charge in [0.2, 0.25) is 0 Å². The minimum atomic E-state index is -0.781. The summed E-state index contributed by atoms with van der Waals surface area (Å²) in [7, 11) is 0. The highest BCUT2D eigenvalue weighted by Crippen LogP contribution is 2.43. The summed E-state index contributed by atoms with van der Waals surface area (Å²) < 4.78 is 13.6. The summed E-state index contributed by atoms with van der Waals surface area (Å²) in [6, 6.07) is 4.09. The lowest BCUT2D eigenvalue weighted by atomic mass is 10.2. The third-order valence-corrected chi connectivity index (χ3v) is 2.75. The second-order valence-corrected chi connectivity index (χ2v) is 3.66. The Morgan fingerprint density at radius 1 is 1.50 bits per heavy atom. The predicted molar refractivity (Wildman–Crippen MR) is 50.1 cm³/mol. The molecule has 0 spiro atoms. The molecule has 4 nitrogen and oxygen atoms in total. The molecule has 2 aromatic rings. The zero-order chi connectivity index (χ0) is 10.3. The largest absolute Gasteiger partial charge is 0.495 e. The quantitative estimate of drug-likeness (QED) is 0.585. The average molecular weight is 213 g/mol. The fourth-order valence-corrected chi connectivity index (χ4v) is 2.17. The molecule has 1 heterocycles. The fourth-order valence-electron chi connectivity index (χ4n) is 1.25. The van der Waals surface area contributed by atoms with Gasteiger partial charge in [0.1, 0.15) is 11.2 Å². The van der Waals surface area contributed by atoms with E-state index >= 15 is 0 Å². The van der Waals surface area contributed by atoms with E-state index in [1.54, 1.807) is 0 Å². The van der Waals surface area contributed by atoms with Gasteiger partial charge in [0.25, 0.3) is 5.06 Å². The van der Waals surface area contributed by atoms with Gasteiger partial charge >= 0.3 is 5.69 Å². The second kappa shape index (κ2) is 2.91. The van der Waals surface area contributed by atoms with Gasteiger partial charge in [-0.05, 0) is 12.1 Å². The van der Waals surface area contributed by atoms with E-state index < -0.39 is 21.5 Å². The minimum absolute atomic E-state index is 0.125. The molecule has 0 unspecified atom stereocenters. The maximum Gasteiger partial charge on any atom is 0.333 e. The number of nitro groups is 1. The molecule has 72 valence electrons. The highest BCUT2D eigenvalue weighted by molar-refractivity contribution is 7.21. The number of aromatic hydroxyl groups is 1. The van der Waals surface area contributed by atoms with Gasteiger partial charge in [0.05, 0.1) is 4.92 Å². The number of benzene rings is 1. The first-order valence-electron chi connectivity index (χ1n) is 3.65. The molecule has 0 aliphatic rings. The molecule has 0 saturated carbocycles. The Labute approximate surface area is 81.4 Å². The van der Waals surface area contributed by atoms with Crippen LogP contribution in [0.2, 0.25) is 0 Å². The van der Waals surface area contributed by atoms with Crippen LogP contribution in [-0.2, 0) is 0 Å². The van der Waals surface area contributed by atoms with Crippen molar-refractivity contribution in [2.24, 2.45) is 0 Å². The van der Waals surface area contributed by atoms with Gasteiger partial charge in [-0.1, -0.05) is 17.4 Å². The molecule has 2 rings (SSSR count). The first-order chi connectivity index (χ1) is 6.61. The number of hydrogen-bond donors (Lipinski definition) is 1. The maximum absolute atomic E-state index is 13.2. The zero-order valence-corrected chi connectivity index (χ0v) is 7.55. The molecule has 1 aromatic carbocycles. The molecule has 14 heavy (non-hydrogen) atoms. The standard InChI is InChI=1S/C8H4FNO3S/c9-4-2-1-3-5-6(4)7(10(12)13)8(11)14-5/h1-3,11H. The molecule has 0 radical (unpaired) electrons. The highest BCUT2D eigenvalue weighted by atomic mass is 32.1. The number of fused-ring (bicyclic) bond motifs is 1. The Hall–Kier alpha value is -1.69. The molecule has 0 aliphatic heterocycles. The molecule has 0 aliphatic carbocycles. The summed E-state index contributed by atoms with van der Waals surface area (Å²) in [6.07, 6.45) is 0. The number of thiophene rings is 1. The normalized spacial score (nSPS) is 10.6. The summed E-state index contributed by atoms with van der Waals surface area (Å²) in [5, 5.41) is 19.2. The zero-order valence-electron chi connectivity index (χ0n) is 6.73. The summed E-state index contributed by atoms with van der Waals surface area (Å²) in [5.74, 6) is -0.689. The van der Waals surface area contributed by atoms with Crippen LogP contribution in [0.1, 0.15) is 0 Å². The van der Waals surface area contributed by atoms with Gasteiger partial charge in [-0.25, -0.2) is 4.39 Å². The van der Waals surface area contributed by atoms with Crippen molar-refractivity contribution in [2.45, 2.75) is 0 Å². The van der Waals surface area contributed by atoms with Gasteiger partial charge in [-0.15, -0.1) is 0 Å². The Morgan fingerprint density at radius 2 is 2.21 bits per heavy atom. The van der Waals surface area contributed by atoms with Crippen LogP contribution in [0.3, 0.4) is 0 Å². The van der Waals surface area contributed by atoms with Crippen LogP contribution >= 0.6 is 11.3 Å². The van der Waals surface area contributed by atoms with E-state index in [1.165, 1.54) is 12.1 Å². The van der Waals surface area contributed by atoms with E-state index in [0.717, 1.165) is 17.4 Å². The smallest absolute Gasteiger partial charge is 0.333 e. The molecular formula is C8H4FNO3S. The van der Waals surface area contributed by atoms with Gasteiger partial charge in [-0.2, -0.15) is 0 Å². The van der Waals surface area contributed by atoms with Crippen molar-refractivity contribution in [3.63, 3.8) is 0 Å². The first kappa shape index (κ1) is 8.89. The third kappa shape index (κ3) is 1.12. The molecule has 1 N–H and O–H groups in total. The van der Waals surface area contributed by atoms with Crippen LogP contribution in [0.15, 0.2) is 18.2 Å². The van der Waals surface area contributed by atoms with E-state index in [-0.39, 0.29) is 5.39 Å². The number of halogens is 1. The van der Waals surface area contributed by atoms with Gasteiger partial charge in [-0.3, -0.25) is 10.1 Å². The van der Waals surface area contributed by atoms with E-state index in [9.17, 15) is 19.6 Å². The molecule has 6 heteroatoms. The molecule has 0 atom stereocenters. The lowest BCUT2D eigenvalue weighted by molar-refractivity contribution is -0.383. The van der Waals surface area contributed by atoms with Crippen LogP contribution < -0.4 is 0 Å². The maximum atomic E-state index is 13.2. The average Bonchev–Trinajstić information content (AvgIpc) is 2.42. The minimum Gasteiger partial charge on any atom is -0.495 e. The van der Waals surface area contributed by atoms with E-state index in [2.05, 4.69) is 0 Å². The fraction of sp³-hybridized carbons (Fsp3) is 0. The van der Waals surface area contributed by atoms with E-state index in [4.69, 9.17) is 0 Å². The number of hydrogen-bond acceptors (Lipinski definition) is 4. The molecule has 0 saturated heterocycles. The summed E-state index contributed by atoms with van der Waals surface area (Å²) in [6.45, 7) is 0. The SMILES string of the molecule is O=[N+]([O-])c1c(O)sc2cccc(F)c12. The van der Waals surface area contributed by atoms with Crippen molar-refractivity contribution in [3.05, 3.63) is 34.1 Å². The lowest BCUT2D eigenvalue weighted by Crippen LogP contribution is -1.87. The summed E-state index contributed by atoms with van der Waals surface area (Å²) >= 11 is 0.795.